The SMILES string of the molecule is CC(C)NC(=O)O[C@H]1COC(c2cc(Nc3cccc4c3CNS4(=O)=O)n[nH]2)C1. The third-order valence-corrected chi connectivity index (χ3v) is 6.20. The van der Waals surface area contributed by atoms with Gasteiger partial charge in [-0.2, -0.15) is 5.10 Å². The summed E-state index contributed by atoms with van der Waals surface area (Å²) in [4.78, 5) is 12.0. The van der Waals surface area contributed by atoms with E-state index in [4.69, 9.17) is 9.47 Å². The van der Waals surface area contributed by atoms with Gasteiger partial charge in [-0.25, -0.2) is 17.9 Å². The van der Waals surface area contributed by atoms with Crippen molar-refractivity contribution in [3.8, 4) is 0 Å². The lowest BCUT2D eigenvalue weighted by Gasteiger charge is -2.13. The van der Waals surface area contributed by atoms with Crippen molar-refractivity contribution in [2.75, 3.05) is 11.9 Å². The van der Waals surface area contributed by atoms with E-state index >= 15 is 0 Å². The average molecular weight is 421 g/mol. The molecule has 0 bridgehead atoms. The predicted octanol–water partition coefficient (Wildman–Crippen LogP) is 1.91. The maximum absolute atomic E-state index is 12.0. The van der Waals surface area contributed by atoms with Crippen LogP contribution in [0.5, 0.6) is 0 Å². The number of carbonyl (C=O) groups excluding carboxylic acids is 1. The van der Waals surface area contributed by atoms with Crippen LogP contribution in [0.25, 0.3) is 0 Å². The van der Waals surface area contributed by atoms with Crippen LogP contribution in [0.15, 0.2) is 29.2 Å². The van der Waals surface area contributed by atoms with Crippen molar-refractivity contribution in [2.45, 2.75) is 50.0 Å². The molecule has 0 aliphatic carbocycles. The van der Waals surface area contributed by atoms with E-state index in [1.54, 1.807) is 24.3 Å². The van der Waals surface area contributed by atoms with E-state index in [1.807, 2.05) is 13.8 Å². The number of alkyl carbamates (subject to hydrolysis) is 1. The molecule has 4 N–H and O–H groups in total. The fourth-order valence-corrected chi connectivity index (χ4v) is 4.64. The first-order chi connectivity index (χ1) is 13.8. The number of H-pyrrole nitrogens is 1. The fraction of sp³-hybridized carbons (Fsp3) is 0.444. The second kappa shape index (κ2) is 7.65. The highest BCUT2D eigenvalue weighted by Crippen LogP contribution is 2.33. The zero-order chi connectivity index (χ0) is 20.6. The highest BCUT2D eigenvalue weighted by molar-refractivity contribution is 7.89. The number of sulfonamides is 1. The molecule has 2 atom stereocenters. The number of aromatic nitrogens is 2. The Labute approximate surface area is 168 Å². The number of ether oxygens (including phenoxy) is 2. The average Bonchev–Trinajstić information content (AvgIpc) is 3.35. The van der Waals surface area contributed by atoms with E-state index in [-0.39, 0.29) is 29.7 Å². The number of nitrogens with one attached hydrogen (secondary N) is 4. The standard InChI is InChI=1S/C18H23N5O5S/c1-10(2)20-18(24)28-11-6-15(27-9-11)14-7-17(23-22-14)21-13-4-3-5-16-12(13)8-19-29(16,25)26/h3-5,7,10-11,15,19H,6,8-9H2,1-2H3,(H,20,24)(H2,21,22,23)/t11-,15?/m1/s1. The lowest BCUT2D eigenvalue weighted by atomic mass is 10.1. The Balaban J connectivity index is 1.40. The molecular weight excluding hydrogens is 398 g/mol. The van der Waals surface area contributed by atoms with Crippen LogP contribution in [0.2, 0.25) is 0 Å². The number of rotatable bonds is 5. The van der Waals surface area contributed by atoms with E-state index < -0.39 is 16.1 Å². The van der Waals surface area contributed by atoms with Crippen molar-refractivity contribution in [3.63, 3.8) is 0 Å². The molecule has 0 spiro atoms. The van der Waals surface area contributed by atoms with Gasteiger partial charge in [0.2, 0.25) is 10.0 Å². The second-order valence-electron chi connectivity index (χ2n) is 7.32. The van der Waals surface area contributed by atoms with Gasteiger partial charge in [0, 0.05) is 36.3 Å². The number of hydrogen-bond acceptors (Lipinski definition) is 7. The van der Waals surface area contributed by atoms with Crippen LogP contribution in [0.1, 0.15) is 37.6 Å². The number of fused-ring (bicyclic) bond motifs is 1. The quantitative estimate of drug-likeness (QED) is 0.579. The topological polar surface area (TPSA) is 134 Å². The Morgan fingerprint density at radius 3 is 3.00 bits per heavy atom. The van der Waals surface area contributed by atoms with E-state index in [0.29, 0.717) is 30.1 Å². The largest absolute Gasteiger partial charge is 0.444 e. The Kier molecular flexibility index (Phi) is 5.19. The monoisotopic (exact) mass is 421 g/mol. The summed E-state index contributed by atoms with van der Waals surface area (Å²) in [5.41, 5.74) is 2.10. The minimum atomic E-state index is -3.44. The molecule has 4 rings (SSSR count). The van der Waals surface area contributed by atoms with Gasteiger partial charge < -0.3 is 20.1 Å². The zero-order valence-corrected chi connectivity index (χ0v) is 16.9. The molecule has 2 aromatic rings. The Hall–Kier alpha value is -2.63. The van der Waals surface area contributed by atoms with Gasteiger partial charge in [-0.1, -0.05) is 6.07 Å². The number of aromatic amines is 1. The number of anilines is 2. The molecule has 1 amide bonds. The summed E-state index contributed by atoms with van der Waals surface area (Å²) in [5, 5.41) is 13.0. The van der Waals surface area contributed by atoms with Crippen molar-refractivity contribution < 1.29 is 22.7 Å². The van der Waals surface area contributed by atoms with Crippen molar-refractivity contribution in [3.05, 3.63) is 35.5 Å². The minimum Gasteiger partial charge on any atom is -0.444 e. The second-order valence-corrected chi connectivity index (χ2v) is 9.06. The normalized spacial score (nSPS) is 22.4. The molecule has 156 valence electrons. The van der Waals surface area contributed by atoms with Crippen LogP contribution in [-0.4, -0.2) is 43.5 Å². The van der Waals surface area contributed by atoms with Gasteiger partial charge in [0.1, 0.15) is 12.2 Å². The summed E-state index contributed by atoms with van der Waals surface area (Å²) < 4.78 is 37.6. The van der Waals surface area contributed by atoms with Gasteiger partial charge >= 0.3 is 6.09 Å². The summed E-state index contributed by atoms with van der Waals surface area (Å²) in [6.45, 7) is 4.28. The molecule has 1 unspecified atom stereocenters. The minimum absolute atomic E-state index is 0.00600. The van der Waals surface area contributed by atoms with Crippen molar-refractivity contribution >= 4 is 27.6 Å². The molecule has 1 saturated heterocycles. The van der Waals surface area contributed by atoms with Crippen LogP contribution >= 0.6 is 0 Å². The first kappa shape index (κ1) is 19.7. The van der Waals surface area contributed by atoms with E-state index in [2.05, 4.69) is 25.6 Å². The van der Waals surface area contributed by atoms with Crippen LogP contribution in [0.4, 0.5) is 16.3 Å². The molecule has 0 saturated carbocycles. The number of benzene rings is 1. The van der Waals surface area contributed by atoms with Gasteiger partial charge in [-0.15, -0.1) is 0 Å². The molecule has 2 aliphatic heterocycles. The van der Waals surface area contributed by atoms with Crippen molar-refractivity contribution in [2.24, 2.45) is 0 Å². The van der Waals surface area contributed by atoms with Gasteiger partial charge in [0.05, 0.1) is 17.2 Å². The Bertz CT molecular complexity index is 1020. The third-order valence-electron chi connectivity index (χ3n) is 4.71. The van der Waals surface area contributed by atoms with E-state index in [1.165, 1.54) is 0 Å². The maximum Gasteiger partial charge on any atom is 0.407 e. The van der Waals surface area contributed by atoms with Gasteiger partial charge in [-0.05, 0) is 26.0 Å². The lowest BCUT2D eigenvalue weighted by molar-refractivity contribution is 0.0682. The first-order valence-corrected chi connectivity index (χ1v) is 10.8. The van der Waals surface area contributed by atoms with Gasteiger partial charge in [0.25, 0.3) is 0 Å². The van der Waals surface area contributed by atoms with Crippen LogP contribution in [-0.2, 0) is 26.0 Å². The van der Waals surface area contributed by atoms with Gasteiger partial charge in [-0.3, -0.25) is 5.10 Å². The van der Waals surface area contributed by atoms with Crippen molar-refractivity contribution in [1.82, 2.24) is 20.2 Å². The number of amides is 1. The summed E-state index contributed by atoms with van der Waals surface area (Å²) in [6, 6.07) is 6.87. The molecule has 3 heterocycles. The molecule has 0 radical (unpaired) electrons. The smallest absolute Gasteiger partial charge is 0.407 e. The summed E-state index contributed by atoms with van der Waals surface area (Å²) in [5.74, 6) is 0.545. The predicted molar refractivity (Wildman–Crippen MR) is 104 cm³/mol. The van der Waals surface area contributed by atoms with E-state index in [0.717, 1.165) is 5.69 Å². The lowest BCUT2D eigenvalue weighted by Crippen LogP contribution is -2.33. The molecular formula is C18H23N5O5S. The van der Waals surface area contributed by atoms with Crippen molar-refractivity contribution in [1.29, 1.82) is 0 Å². The van der Waals surface area contributed by atoms with Crippen LogP contribution in [0, 0.1) is 0 Å². The molecule has 10 nitrogen and oxygen atoms in total. The third kappa shape index (κ3) is 4.21. The van der Waals surface area contributed by atoms with Gasteiger partial charge in [0.15, 0.2) is 5.82 Å². The highest BCUT2D eigenvalue weighted by Gasteiger charge is 2.31. The summed E-state index contributed by atoms with van der Waals surface area (Å²) >= 11 is 0. The molecule has 1 fully saturated rings. The fourth-order valence-electron chi connectivity index (χ4n) is 3.38. The Morgan fingerprint density at radius 1 is 1.38 bits per heavy atom. The zero-order valence-electron chi connectivity index (χ0n) is 16.1. The van der Waals surface area contributed by atoms with Crippen LogP contribution < -0.4 is 15.4 Å². The number of nitrogens with zero attached hydrogens (tertiary/aromatic N) is 1. The first-order valence-electron chi connectivity index (χ1n) is 9.34. The Morgan fingerprint density at radius 2 is 2.21 bits per heavy atom. The highest BCUT2D eigenvalue weighted by atomic mass is 32.2. The van der Waals surface area contributed by atoms with Crippen LogP contribution in [0.3, 0.4) is 0 Å². The molecule has 2 aliphatic rings. The summed E-state index contributed by atoms with van der Waals surface area (Å²) in [6.07, 6.45) is -0.524. The van der Waals surface area contributed by atoms with E-state index in [9.17, 15) is 13.2 Å². The molecule has 11 heteroatoms. The molecule has 1 aromatic carbocycles. The molecule has 29 heavy (non-hydrogen) atoms. The maximum atomic E-state index is 12.0. The molecule has 1 aromatic heterocycles. The number of carbonyl (C=O) groups is 1. The number of hydrogen-bond donors (Lipinski definition) is 4. The summed E-state index contributed by atoms with van der Waals surface area (Å²) in [7, 11) is -3.44.